The molecule has 0 saturated carbocycles. The van der Waals surface area contributed by atoms with E-state index in [1.54, 1.807) is 18.3 Å². The second-order valence-electron chi connectivity index (χ2n) is 5.81. The highest BCUT2D eigenvalue weighted by atomic mass is 19.4. The molecule has 10 heteroatoms. The van der Waals surface area contributed by atoms with Gasteiger partial charge < -0.3 is 4.74 Å². The van der Waals surface area contributed by atoms with Crippen LogP contribution in [-0.2, 0) is 9.53 Å². The molecule has 0 radical (unpaired) electrons. The molecule has 6 nitrogen and oxygen atoms in total. The second-order valence-corrected chi connectivity index (χ2v) is 5.81. The largest absolute Gasteiger partial charge is 0.464 e. The number of hydrogen-bond acceptors (Lipinski definition) is 4. The molecule has 150 valence electrons. The number of carbonyl (C=O) groups is 2. The van der Waals surface area contributed by atoms with Gasteiger partial charge in [-0.25, -0.2) is 19.5 Å². The Morgan fingerprint density at radius 1 is 1.18 bits per heavy atom. The van der Waals surface area contributed by atoms with Gasteiger partial charge in [-0.1, -0.05) is 12.1 Å². The maximum absolute atomic E-state index is 14.0. The number of aromatic nitrogens is 1. The number of benzene rings is 1. The minimum absolute atomic E-state index is 0.209. The molecule has 0 bridgehead atoms. The maximum atomic E-state index is 14.0. The Labute approximate surface area is 157 Å². The van der Waals surface area contributed by atoms with Crippen LogP contribution in [-0.4, -0.2) is 30.3 Å². The fraction of sp³-hybridized carbons (Fsp3) is 0.278. The van der Waals surface area contributed by atoms with Gasteiger partial charge in [-0.05, 0) is 37.6 Å². The number of aromatic amines is 1. The molecule has 0 unspecified atom stereocenters. The third-order valence-corrected chi connectivity index (χ3v) is 3.71. The Morgan fingerprint density at radius 3 is 2.43 bits per heavy atom. The van der Waals surface area contributed by atoms with Crippen LogP contribution >= 0.6 is 0 Å². The number of carbonyl (C=O) groups excluding carboxylic acids is 2. The van der Waals surface area contributed by atoms with Crippen LogP contribution in [0.5, 0.6) is 0 Å². The van der Waals surface area contributed by atoms with Crippen LogP contribution in [0.2, 0.25) is 0 Å². The van der Waals surface area contributed by atoms with E-state index in [4.69, 9.17) is 0 Å². The third-order valence-electron chi connectivity index (χ3n) is 3.71. The van der Waals surface area contributed by atoms with Gasteiger partial charge in [-0.2, -0.15) is 13.2 Å². The van der Waals surface area contributed by atoms with Gasteiger partial charge in [0.25, 0.3) is 11.7 Å². The van der Waals surface area contributed by atoms with Gasteiger partial charge in [0.05, 0.1) is 18.4 Å². The van der Waals surface area contributed by atoms with E-state index in [1.807, 2.05) is 5.32 Å². The SMILES string of the molecule is CCOC(=O)[C@](NC(=O)c1ccccc1F)(Nc1cc(C)cc[nH+]1)C(F)(F)F. The zero-order valence-corrected chi connectivity index (χ0v) is 15.0. The van der Waals surface area contributed by atoms with E-state index < -0.39 is 35.1 Å². The summed E-state index contributed by atoms with van der Waals surface area (Å²) >= 11 is 0. The lowest BCUT2D eigenvalue weighted by molar-refractivity contribution is -0.363. The predicted octanol–water partition coefficient (Wildman–Crippen LogP) is 2.61. The number of pyridine rings is 1. The molecule has 0 aliphatic heterocycles. The highest BCUT2D eigenvalue weighted by Crippen LogP contribution is 2.33. The molecule has 0 aliphatic rings. The van der Waals surface area contributed by atoms with Gasteiger partial charge in [0.2, 0.25) is 0 Å². The van der Waals surface area contributed by atoms with Crippen molar-refractivity contribution in [2.45, 2.75) is 25.7 Å². The van der Waals surface area contributed by atoms with Crippen LogP contribution in [0.25, 0.3) is 0 Å². The number of nitrogens with one attached hydrogen (secondary N) is 3. The van der Waals surface area contributed by atoms with E-state index >= 15 is 0 Å². The van der Waals surface area contributed by atoms with Crippen LogP contribution < -0.4 is 15.6 Å². The van der Waals surface area contributed by atoms with Gasteiger partial charge in [0, 0.05) is 6.07 Å². The van der Waals surface area contributed by atoms with Crippen LogP contribution in [0.15, 0.2) is 42.6 Å². The van der Waals surface area contributed by atoms with Crippen LogP contribution in [0.1, 0.15) is 22.8 Å². The zero-order chi connectivity index (χ0) is 20.9. The molecule has 0 saturated heterocycles. The van der Waals surface area contributed by atoms with Gasteiger partial charge in [0.15, 0.2) is 0 Å². The zero-order valence-electron chi connectivity index (χ0n) is 15.0. The molecular weight excluding hydrogens is 382 g/mol. The van der Waals surface area contributed by atoms with Crippen molar-refractivity contribution >= 4 is 17.7 Å². The number of halogens is 4. The molecule has 1 aromatic heterocycles. The average molecular weight is 400 g/mol. The smallest absolute Gasteiger partial charge is 0.461 e. The first-order valence-corrected chi connectivity index (χ1v) is 8.18. The summed E-state index contributed by atoms with van der Waals surface area (Å²) in [6.45, 7) is 2.57. The number of rotatable bonds is 6. The van der Waals surface area contributed by atoms with Crippen molar-refractivity contribution in [2.75, 3.05) is 11.9 Å². The summed E-state index contributed by atoms with van der Waals surface area (Å²) in [6, 6.07) is 7.34. The Kier molecular flexibility index (Phi) is 6.22. The topological polar surface area (TPSA) is 81.6 Å². The number of anilines is 1. The molecule has 2 aromatic rings. The lowest BCUT2D eigenvalue weighted by Crippen LogP contribution is -2.69. The normalized spacial score (nSPS) is 13.4. The van der Waals surface area contributed by atoms with Gasteiger partial charge in [-0.15, -0.1) is 0 Å². The summed E-state index contributed by atoms with van der Waals surface area (Å²) in [7, 11) is 0. The van der Waals surface area contributed by atoms with Crippen LogP contribution in [0.4, 0.5) is 23.4 Å². The summed E-state index contributed by atoms with van der Waals surface area (Å²) in [6.07, 6.45) is -3.97. The van der Waals surface area contributed by atoms with E-state index in [0.717, 1.165) is 12.1 Å². The number of ether oxygens (including phenoxy) is 1. The lowest BCUT2D eigenvalue weighted by atomic mass is 10.1. The van der Waals surface area contributed by atoms with Gasteiger partial charge >= 0.3 is 17.8 Å². The van der Waals surface area contributed by atoms with Crippen molar-refractivity contribution < 1.29 is 36.9 Å². The molecule has 0 fully saturated rings. The summed E-state index contributed by atoms with van der Waals surface area (Å²) in [4.78, 5) is 27.2. The fourth-order valence-electron chi connectivity index (χ4n) is 2.37. The van der Waals surface area contributed by atoms with E-state index in [-0.39, 0.29) is 12.4 Å². The van der Waals surface area contributed by atoms with Gasteiger partial charge in [0.1, 0.15) is 5.82 Å². The number of hydrogen-bond donors (Lipinski definition) is 2. The molecule has 0 aliphatic carbocycles. The first-order valence-electron chi connectivity index (χ1n) is 8.18. The molecular formula is C18H18F4N3O3+. The monoisotopic (exact) mass is 400 g/mol. The summed E-state index contributed by atoms with van der Waals surface area (Å²) in [5.41, 5.74) is -3.72. The van der Waals surface area contributed by atoms with Crippen molar-refractivity contribution in [3.63, 3.8) is 0 Å². The minimum atomic E-state index is -5.32. The molecule has 1 aromatic carbocycles. The molecule has 3 N–H and O–H groups in total. The van der Waals surface area contributed by atoms with Crippen molar-refractivity contribution in [1.82, 2.24) is 5.32 Å². The second kappa shape index (κ2) is 8.24. The Morgan fingerprint density at radius 2 is 1.86 bits per heavy atom. The predicted molar refractivity (Wildman–Crippen MR) is 90.6 cm³/mol. The number of aryl methyl sites for hydroxylation is 1. The highest BCUT2D eigenvalue weighted by molar-refractivity contribution is 5.99. The lowest BCUT2D eigenvalue weighted by Gasteiger charge is -2.30. The Bertz CT molecular complexity index is 873. The number of amides is 1. The Balaban J connectivity index is 2.54. The maximum Gasteiger partial charge on any atom is 0.464 e. The fourth-order valence-corrected chi connectivity index (χ4v) is 2.37. The molecule has 1 atom stereocenters. The quantitative estimate of drug-likeness (QED) is 0.444. The molecule has 2 rings (SSSR count). The molecule has 28 heavy (non-hydrogen) atoms. The van der Waals surface area contributed by atoms with E-state index in [9.17, 15) is 27.2 Å². The van der Waals surface area contributed by atoms with E-state index in [0.29, 0.717) is 5.56 Å². The first-order chi connectivity index (χ1) is 13.1. The number of H-pyrrole nitrogens is 1. The summed E-state index contributed by atoms with van der Waals surface area (Å²) in [5.74, 6) is -4.48. The minimum Gasteiger partial charge on any atom is -0.461 e. The summed E-state index contributed by atoms with van der Waals surface area (Å²) < 4.78 is 60.5. The van der Waals surface area contributed by atoms with Crippen molar-refractivity contribution in [2.24, 2.45) is 0 Å². The van der Waals surface area contributed by atoms with Crippen molar-refractivity contribution in [3.8, 4) is 0 Å². The first kappa shape index (κ1) is 21.1. The third kappa shape index (κ3) is 4.38. The average Bonchev–Trinajstić information content (AvgIpc) is 2.60. The highest BCUT2D eigenvalue weighted by Gasteiger charge is 2.68. The molecule has 1 heterocycles. The molecule has 0 spiro atoms. The molecule has 1 amide bonds. The summed E-state index contributed by atoms with van der Waals surface area (Å²) in [5, 5.41) is 3.54. The number of esters is 1. The van der Waals surface area contributed by atoms with Crippen LogP contribution in [0, 0.1) is 12.7 Å². The van der Waals surface area contributed by atoms with E-state index in [1.165, 1.54) is 31.3 Å². The van der Waals surface area contributed by atoms with Gasteiger partial charge in [-0.3, -0.25) is 10.1 Å². The standard InChI is InChI=1S/C18H17F4N3O3/c1-3-28-16(27)17(18(20,21)22,24-14-10-11(2)8-9-23-14)25-15(26)12-6-4-5-7-13(12)19/h4-10H,3H2,1-2H3,(H,23,24)(H,25,26)/p+1/t17-/m1/s1. The van der Waals surface area contributed by atoms with Crippen molar-refractivity contribution in [1.29, 1.82) is 0 Å². The van der Waals surface area contributed by atoms with Crippen molar-refractivity contribution in [3.05, 3.63) is 59.5 Å². The Hall–Kier alpha value is -3.17. The van der Waals surface area contributed by atoms with Crippen LogP contribution in [0.3, 0.4) is 0 Å². The number of alkyl halides is 3. The van der Waals surface area contributed by atoms with E-state index in [2.05, 4.69) is 9.72 Å².